The summed E-state index contributed by atoms with van der Waals surface area (Å²) in [5.74, 6) is 1.49. The maximum atomic E-state index is 13.2. The van der Waals surface area contributed by atoms with Crippen molar-refractivity contribution in [1.82, 2.24) is 15.1 Å². The minimum atomic E-state index is -0.647. The first kappa shape index (κ1) is 33.0. The Balaban J connectivity index is 1.53. The Kier molecular flexibility index (Phi) is 8.90. The van der Waals surface area contributed by atoms with E-state index in [4.69, 9.17) is 18.9 Å². The second-order valence-corrected chi connectivity index (χ2v) is 12.5. The van der Waals surface area contributed by atoms with E-state index in [9.17, 15) is 20.3 Å². The molecule has 3 aromatic carbocycles. The van der Waals surface area contributed by atoms with E-state index in [1.54, 1.807) is 20.3 Å². The summed E-state index contributed by atoms with van der Waals surface area (Å²) in [5, 5.41) is 37.5. The molecule has 0 spiro atoms. The summed E-state index contributed by atoms with van der Waals surface area (Å²) in [5.41, 5.74) is 5.06. The molecule has 5 atom stereocenters. The molecule has 3 N–H and O–H groups in total. The molecule has 3 aliphatic heterocycles. The van der Waals surface area contributed by atoms with Crippen LogP contribution in [-0.4, -0.2) is 86.1 Å². The Bertz CT molecular complexity index is 1820. The topological polar surface area (TPSA) is 137 Å². The van der Waals surface area contributed by atoms with Gasteiger partial charge in [0.2, 0.25) is 5.91 Å². The van der Waals surface area contributed by atoms with Crippen LogP contribution in [0.15, 0.2) is 36.4 Å². The molecule has 3 aliphatic rings. The summed E-state index contributed by atoms with van der Waals surface area (Å²) in [6.07, 6.45) is 4.03. The van der Waals surface area contributed by atoms with Crippen LogP contribution in [0, 0.1) is 25.2 Å². The summed E-state index contributed by atoms with van der Waals surface area (Å²) >= 11 is 0. The van der Waals surface area contributed by atoms with Gasteiger partial charge in [-0.25, -0.2) is 0 Å². The van der Waals surface area contributed by atoms with Gasteiger partial charge in [-0.2, -0.15) is 5.26 Å². The SMILES string of the molecule is COc1c(C)c(OC)c2c(c1O)[C@@H]1[C@@H]3Cc4c(OC)c(C)c(OC)c(O)c4[C@H](CNC(=O)/C=C/c4ccccc4)N3[C@@H](C#N)[C@H](C2)N1C. The van der Waals surface area contributed by atoms with Gasteiger partial charge in [-0.05, 0) is 45.4 Å². The zero-order chi connectivity index (χ0) is 34.4. The maximum Gasteiger partial charge on any atom is 0.244 e. The van der Waals surface area contributed by atoms with Gasteiger partial charge in [-0.1, -0.05) is 30.3 Å². The van der Waals surface area contributed by atoms with Crippen LogP contribution in [0.5, 0.6) is 34.5 Å². The Hall–Kier alpha value is -4.92. The predicted octanol–water partition coefficient (Wildman–Crippen LogP) is 4.35. The molecule has 3 heterocycles. The van der Waals surface area contributed by atoms with E-state index in [0.717, 1.165) is 16.7 Å². The average Bonchev–Trinajstić information content (AvgIpc) is 3.08. The quantitative estimate of drug-likeness (QED) is 0.301. The molecule has 0 aromatic heterocycles. The van der Waals surface area contributed by atoms with Crippen LogP contribution < -0.4 is 24.3 Å². The first-order valence-corrected chi connectivity index (χ1v) is 16.0. The van der Waals surface area contributed by atoms with Crippen molar-refractivity contribution in [1.29, 1.82) is 5.26 Å². The number of rotatable bonds is 8. The summed E-state index contributed by atoms with van der Waals surface area (Å²) < 4.78 is 23.2. The van der Waals surface area contributed by atoms with Crippen LogP contribution in [0.25, 0.3) is 6.08 Å². The molecule has 2 bridgehead atoms. The summed E-state index contributed by atoms with van der Waals surface area (Å²) in [6, 6.07) is 9.74. The fraction of sp³-hybridized carbons (Fsp3) is 0.405. The van der Waals surface area contributed by atoms with E-state index in [1.165, 1.54) is 20.3 Å². The summed E-state index contributed by atoms with van der Waals surface area (Å²) in [6.45, 7) is 3.77. The molecule has 252 valence electrons. The second kappa shape index (κ2) is 12.9. The van der Waals surface area contributed by atoms with Crippen molar-refractivity contribution in [3.8, 4) is 40.6 Å². The van der Waals surface area contributed by atoms with E-state index in [2.05, 4.69) is 21.2 Å². The fourth-order valence-electron chi connectivity index (χ4n) is 8.41. The Morgan fingerprint density at radius 3 is 2.00 bits per heavy atom. The van der Waals surface area contributed by atoms with Gasteiger partial charge < -0.3 is 34.5 Å². The predicted molar refractivity (Wildman–Crippen MR) is 180 cm³/mol. The van der Waals surface area contributed by atoms with Crippen LogP contribution in [0.1, 0.15) is 51.0 Å². The van der Waals surface area contributed by atoms with Crippen molar-refractivity contribution in [2.75, 3.05) is 42.0 Å². The van der Waals surface area contributed by atoms with Crippen LogP contribution in [-0.2, 0) is 17.6 Å². The molecule has 11 nitrogen and oxygen atoms in total. The number of hydrogen-bond acceptors (Lipinski definition) is 10. The fourth-order valence-corrected chi connectivity index (χ4v) is 8.41. The van der Waals surface area contributed by atoms with Crippen LogP contribution in [0.3, 0.4) is 0 Å². The minimum Gasteiger partial charge on any atom is -0.504 e. The van der Waals surface area contributed by atoms with E-state index in [1.807, 2.05) is 51.2 Å². The number of nitrogens with zero attached hydrogens (tertiary/aromatic N) is 3. The van der Waals surface area contributed by atoms with E-state index in [0.29, 0.717) is 52.3 Å². The lowest BCUT2D eigenvalue weighted by molar-refractivity contribution is -0.117. The van der Waals surface area contributed by atoms with Crippen molar-refractivity contribution in [3.63, 3.8) is 0 Å². The Labute approximate surface area is 280 Å². The van der Waals surface area contributed by atoms with Gasteiger partial charge in [-0.15, -0.1) is 0 Å². The molecule has 3 aromatic rings. The largest absolute Gasteiger partial charge is 0.504 e. The first-order valence-electron chi connectivity index (χ1n) is 16.0. The zero-order valence-corrected chi connectivity index (χ0v) is 28.3. The third-order valence-electron chi connectivity index (χ3n) is 10.4. The highest BCUT2D eigenvalue weighted by Gasteiger charge is 2.57. The third-order valence-corrected chi connectivity index (χ3v) is 10.4. The molecule has 6 rings (SSSR count). The van der Waals surface area contributed by atoms with Gasteiger partial charge >= 0.3 is 0 Å². The number of aromatic hydroxyl groups is 2. The van der Waals surface area contributed by atoms with Gasteiger partial charge in [0, 0.05) is 58.1 Å². The van der Waals surface area contributed by atoms with Crippen molar-refractivity contribution in [2.24, 2.45) is 0 Å². The number of benzene rings is 3. The number of carbonyl (C=O) groups is 1. The van der Waals surface area contributed by atoms with Crippen LogP contribution >= 0.6 is 0 Å². The minimum absolute atomic E-state index is 0.0406. The van der Waals surface area contributed by atoms with E-state index >= 15 is 0 Å². The number of carbonyl (C=O) groups excluding carboxylic acids is 1. The van der Waals surface area contributed by atoms with Crippen molar-refractivity contribution >= 4 is 12.0 Å². The number of phenolic OH excluding ortho intramolecular Hbond substituents is 2. The zero-order valence-electron chi connectivity index (χ0n) is 28.3. The summed E-state index contributed by atoms with van der Waals surface area (Å²) in [4.78, 5) is 17.5. The van der Waals surface area contributed by atoms with Crippen LogP contribution in [0.2, 0.25) is 0 Å². The standard InChI is InChI=1S/C37H42N4O7/c1-19-34(45-4)22-16-25-31-30-23(35(46-5)20(2)37(48-7)33(30)44)15-24(40(31)3)26(17-38)41(25)27(29(22)32(43)36(19)47-6)18-39-28(42)14-13-21-11-9-8-10-12-21/h8-14,24-27,31,43-44H,15-16,18H2,1-7H3,(H,39,42)/b14-13+/t24-,25-,26-,27-,31-/m0/s1. The molecule has 0 aliphatic carbocycles. The highest BCUT2D eigenvalue weighted by molar-refractivity contribution is 5.91. The lowest BCUT2D eigenvalue weighted by Crippen LogP contribution is -2.68. The molecule has 1 amide bonds. The number of likely N-dealkylation sites (N-methyl/N-ethyl adjacent to an activating group) is 1. The third kappa shape index (κ3) is 4.98. The normalized spacial score (nSPS) is 23.0. The molecule has 11 heteroatoms. The number of nitriles is 1. The molecule has 0 unspecified atom stereocenters. The lowest BCUT2D eigenvalue weighted by Gasteiger charge is -2.60. The molecule has 0 saturated carbocycles. The van der Waals surface area contributed by atoms with Gasteiger partial charge in [0.05, 0.1) is 46.6 Å². The molecular formula is C37H42N4O7. The Morgan fingerprint density at radius 2 is 1.44 bits per heavy atom. The number of fused-ring (bicyclic) bond motifs is 7. The smallest absolute Gasteiger partial charge is 0.244 e. The van der Waals surface area contributed by atoms with Gasteiger partial charge in [-0.3, -0.25) is 14.6 Å². The monoisotopic (exact) mass is 654 g/mol. The number of methoxy groups -OCH3 is 4. The van der Waals surface area contributed by atoms with Gasteiger partial charge in [0.15, 0.2) is 23.0 Å². The Morgan fingerprint density at radius 1 is 0.896 bits per heavy atom. The second-order valence-electron chi connectivity index (χ2n) is 12.5. The number of piperazine rings is 1. The van der Waals surface area contributed by atoms with E-state index < -0.39 is 18.1 Å². The van der Waals surface area contributed by atoms with Crippen molar-refractivity contribution in [3.05, 3.63) is 75.4 Å². The number of amides is 1. The number of ether oxygens (including phenoxy) is 4. The van der Waals surface area contributed by atoms with Crippen molar-refractivity contribution in [2.45, 2.75) is 56.9 Å². The summed E-state index contributed by atoms with van der Waals surface area (Å²) in [7, 11) is 8.18. The van der Waals surface area contributed by atoms with Crippen LogP contribution in [0.4, 0.5) is 0 Å². The molecule has 0 radical (unpaired) electrons. The van der Waals surface area contributed by atoms with Gasteiger partial charge in [0.1, 0.15) is 17.5 Å². The maximum absolute atomic E-state index is 13.2. The molecule has 1 fully saturated rings. The molecule has 1 saturated heterocycles. The lowest BCUT2D eigenvalue weighted by atomic mass is 9.71. The molecule has 48 heavy (non-hydrogen) atoms. The van der Waals surface area contributed by atoms with Gasteiger partial charge in [0.25, 0.3) is 0 Å². The number of hydrogen-bond donors (Lipinski definition) is 3. The number of nitrogens with one attached hydrogen (secondary N) is 1. The van der Waals surface area contributed by atoms with Crippen molar-refractivity contribution < 1.29 is 34.0 Å². The highest BCUT2D eigenvalue weighted by Crippen LogP contribution is 2.58. The highest BCUT2D eigenvalue weighted by atomic mass is 16.5. The van der Waals surface area contributed by atoms with E-state index in [-0.39, 0.29) is 41.8 Å². The number of phenols is 2. The average molecular weight is 655 g/mol. The molecular weight excluding hydrogens is 612 g/mol. The first-order chi connectivity index (χ1) is 23.1.